The highest BCUT2D eigenvalue weighted by Gasteiger charge is 2.07. The molecule has 0 spiro atoms. The number of halogens is 1. The van der Waals surface area contributed by atoms with Crippen molar-refractivity contribution in [3.05, 3.63) is 58.1 Å². The van der Waals surface area contributed by atoms with Crippen LogP contribution in [0.1, 0.15) is 35.7 Å². The van der Waals surface area contributed by atoms with Gasteiger partial charge in [-0.2, -0.15) is 0 Å². The van der Waals surface area contributed by atoms with Gasteiger partial charge in [0.1, 0.15) is 5.75 Å². The number of rotatable bonds is 8. The van der Waals surface area contributed by atoms with E-state index in [1.54, 1.807) is 24.3 Å². The van der Waals surface area contributed by atoms with Gasteiger partial charge in [0.2, 0.25) is 5.91 Å². The predicted octanol–water partition coefficient (Wildman–Crippen LogP) is 4.60. The van der Waals surface area contributed by atoms with Gasteiger partial charge in [-0.25, -0.2) is 4.79 Å². The van der Waals surface area contributed by atoms with E-state index in [9.17, 15) is 9.59 Å². The Hall–Kier alpha value is -2.34. The summed E-state index contributed by atoms with van der Waals surface area (Å²) in [5.74, 6) is 0.277. The average molecular weight is 420 g/mol. The Morgan fingerprint density at radius 1 is 1.12 bits per heavy atom. The Bertz CT molecular complexity index is 759. The topological polar surface area (TPSA) is 64.6 Å². The second-order valence-corrected chi connectivity index (χ2v) is 6.54. The van der Waals surface area contributed by atoms with Crippen LogP contribution in [-0.4, -0.2) is 25.6 Å². The van der Waals surface area contributed by atoms with E-state index in [4.69, 9.17) is 4.74 Å². The minimum absolute atomic E-state index is 0.0974. The number of carbonyl (C=O) groups is 2. The monoisotopic (exact) mass is 419 g/mol. The molecule has 0 bridgehead atoms. The van der Waals surface area contributed by atoms with Crippen LogP contribution < -0.4 is 10.1 Å². The molecule has 0 atom stereocenters. The molecule has 1 amide bonds. The SMILES string of the molecule is CCc1ccc(OCCCC(=O)Nc2ccc(C(=O)OC)cc2)c(Br)c1. The summed E-state index contributed by atoms with van der Waals surface area (Å²) in [5.41, 5.74) is 2.32. The van der Waals surface area contributed by atoms with Crippen molar-refractivity contribution in [3.63, 3.8) is 0 Å². The fraction of sp³-hybridized carbons (Fsp3) is 0.300. The van der Waals surface area contributed by atoms with Crippen molar-refractivity contribution < 1.29 is 19.1 Å². The van der Waals surface area contributed by atoms with Crippen LogP contribution in [0, 0.1) is 0 Å². The first-order chi connectivity index (χ1) is 12.5. The fourth-order valence-corrected chi connectivity index (χ4v) is 2.87. The molecule has 0 saturated heterocycles. The number of ether oxygens (including phenoxy) is 2. The molecular formula is C20H22BrNO4. The van der Waals surface area contributed by atoms with Gasteiger partial charge in [-0.3, -0.25) is 4.79 Å². The molecule has 2 aromatic rings. The number of amides is 1. The normalized spacial score (nSPS) is 10.3. The largest absolute Gasteiger partial charge is 0.492 e. The summed E-state index contributed by atoms with van der Waals surface area (Å²) in [6.45, 7) is 2.56. The third kappa shape index (κ3) is 5.88. The maximum absolute atomic E-state index is 12.0. The third-order valence-corrected chi connectivity index (χ3v) is 4.42. The number of benzene rings is 2. The van der Waals surface area contributed by atoms with Crippen molar-refractivity contribution in [2.24, 2.45) is 0 Å². The molecule has 0 fully saturated rings. The second-order valence-electron chi connectivity index (χ2n) is 5.69. The Morgan fingerprint density at radius 3 is 2.46 bits per heavy atom. The number of methoxy groups -OCH3 is 1. The maximum Gasteiger partial charge on any atom is 0.337 e. The van der Waals surface area contributed by atoms with E-state index in [1.165, 1.54) is 12.7 Å². The highest BCUT2D eigenvalue weighted by molar-refractivity contribution is 9.10. The first kappa shape index (κ1) is 20.0. The summed E-state index contributed by atoms with van der Waals surface area (Å²) in [6.07, 6.45) is 1.93. The molecule has 0 aromatic heterocycles. The Kier molecular flexibility index (Phi) is 7.66. The van der Waals surface area contributed by atoms with E-state index in [1.807, 2.05) is 18.2 Å². The van der Waals surface area contributed by atoms with Crippen molar-refractivity contribution in [3.8, 4) is 5.75 Å². The van der Waals surface area contributed by atoms with Gasteiger partial charge < -0.3 is 14.8 Å². The first-order valence-electron chi connectivity index (χ1n) is 8.43. The van der Waals surface area contributed by atoms with Gasteiger partial charge in [0.05, 0.1) is 23.8 Å². The van der Waals surface area contributed by atoms with E-state index in [0.717, 1.165) is 16.6 Å². The first-order valence-corrected chi connectivity index (χ1v) is 9.22. The second kappa shape index (κ2) is 9.97. The molecule has 26 heavy (non-hydrogen) atoms. The van der Waals surface area contributed by atoms with Crippen LogP contribution in [0.2, 0.25) is 0 Å². The van der Waals surface area contributed by atoms with Gasteiger partial charge in [0.15, 0.2) is 0 Å². The summed E-state index contributed by atoms with van der Waals surface area (Å²) in [4.78, 5) is 23.4. The van der Waals surface area contributed by atoms with Gasteiger partial charge in [-0.15, -0.1) is 0 Å². The smallest absolute Gasteiger partial charge is 0.337 e. The summed E-state index contributed by atoms with van der Waals surface area (Å²) in [5, 5.41) is 2.80. The van der Waals surface area contributed by atoms with Gasteiger partial charge in [-0.05, 0) is 70.7 Å². The number of carbonyl (C=O) groups excluding carboxylic acids is 2. The van der Waals surface area contributed by atoms with Crippen molar-refractivity contribution in [2.45, 2.75) is 26.2 Å². The molecule has 5 nitrogen and oxygen atoms in total. The molecule has 0 unspecified atom stereocenters. The molecule has 138 valence electrons. The number of aryl methyl sites for hydroxylation is 1. The molecular weight excluding hydrogens is 398 g/mol. The Balaban J connectivity index is 1.74. The van der Waals surface area contributed by atoms with Crippen molar-refractivity contribution in [1.82, 2.24) is 0 Å². The van der Waals surface area contributed by atoms with Crippen LogP contribution in [-0.2, 0) is 16.0 Å². The molecule has 1 N–H and O–H groups in total. The minimum Gasteiger partial charge on any atom is -0.492 e. The van der Waals surface area contributed by atoms with Gasteiger partial charge in [-0.1, -0.05) is 13.0 Å². The minimum atomic E-state index is -0.404. The van der Waals surface area contributed by atoms with Crippen LogP contribution in [0.3, 0.4) is 0 Å². The van der Waals surface area contributed by atoms with Crippen molar-refractivity contribution in [2.75, 3.05) is 19.0 Å². The Labute approximate surface area is 161 Å². The van der Waals surface area contributed by atoms with Crippen LogP contribution in [0.25, 0.3) is 0 Å². The van der Waals surface area contributed by atoms with E-state index in [2.05, 4.69) is 32.9 Å². The summed E-state index contributed by atoms with van der Waals surface area (Å²) in [7, 11) is 1.33. The number of nitrogens with one attached hydrogen (secondary N) is 1. The highest BCUT2D eigenvalue weighted by atomic mass is 79.9. The lowest BCUT2D eigenvalue weighted by atomic mass is 10.2. The number of anilines is 1. The van der Waals surface area contributed by atoms with Crippen LogP contribution in [0.5, 0.6) is 5.75 Å². The maximum atomic E-state index is 12.0. The number of hydrogen-bond donors (Lipinski definition) is 1. The van der Waals surface area contributed by atoms with Gasteiger partial charge >= 0.3 is 5.97 Å². The molecule has 0 aliphatic carbocycles. The predicted molar refractivity (Wildman–Crippen MR) is 105 cm³/mol. The van der Waals surface area contributed by atoms with Crippen LogP contribution >= 0.6 is 15.9 Å². The van der Waals surface area contributed by atoms with E-state index >= 15 is 0 Å². The molecule has 0 radical (unpaired) electrons. The number of esters is 1. The molecule has 0 aliphatic rings. The zero-order chi connectivity index (χ0) is 18.9. The highest BCUT2D eigenvalue weighted by Crippen LogP contribution is 2.26. The van der Waals surface area contributed by atoms with Gasteiger partial charge in [0, 0.05) is 12.1 Å². The summed E-state index contributed by atoms with van der Waals surface area (Å²) < 4.78 is 11.3. The third-order valence-electron chi connectivity index (χ3n) is 3.80. The molecule has 0 heterocycles. The van der Waals surface area contributed by atoms with Crippen LogP contribution in [0.15, 0.2) is 46.9 Å². The molecule has 2 rings (SSSR count). The van der Waals surface area contributed by atoms with Crippen molar-refractivity contribution >= 4 is 33.5 Å². The summed E-state index contributed by atoms with van der Waals surface area (Å²) in [6, 6.07) is 12.6. The van der Waals surface area contributed by atoms with E-state index in [0.29, 0.717) is 30.7 Å². The Morgan fingerprint density at radius 2 is 1.85 bits per heavy atom. The zero-order valence-corrected chi connectivity index (χ0v) is 16.5. The lowest BCUT2D eigenvalue weighted by Crippen LogP contribution is -2.13. The molecule has 6 heteroatoms. The average Bonchev–Trinajstić information content (AvgIpc) is 2.66. The van der Waals surface area contributed by atoms with E-state index < -0.39 is 5.97 Å². The summed E-state index contributed by atoms with van der Waals surface area (Å²) >= 11 is 3.50. The van der Waals surface area contributed by atoms with E-state index in [-0.39, 0.29) is 5.91 Å². The van der Waals surface area contributed by atoms with Gasteiger partial charge in [0.25, 0.3) is 0 Å². The van der Waals surface area contributed by atoms with Crippen molar-refractivity contribution in [1.29, 1.82) is 0 Å². The lowest BCUT2D eigenvalue weighted by Gasteiger charge is -2.10. The van der Waals surface area contributed by atoms with Crippen LogP contribution in [0.4, 0.5) is 5.69 Å². The molecule has 0 saturated carbocycles. The standard InChI is InChI=1S/C20H22BrNO4/c1-3-14-6-11-18(17(21)13-14)26-12-4-5-19(23)22-16-9-7-15(8-10-16)20(24)25-2/h6-11,13H,3-5,12H2,1-2H3,(H,22,23). The fourth-order valence-electron chi connectivity index (χ4n) is 2.33. The lowest BCUT2D eigenvalue weighted by molar-refractivity contribution is -0.116. The molecule has 2 aromatic carbocycles. The zero-order valence-electron chi connectivity index (χ0n) is 14.9. The molecule has 0 aliphatic heterocycles. The number of hydrogen-bond acceptors (Lipinski definition) is 4. The quantitative estimate of drug-likeness (QED) is 0.501.